The van der Waals surface area contributed by atoms with E-state index in [1.807, 2.05) is 4.90 Å². The van der Waals surface area contributed by atoms with Gasteiger partial charge in [-0.3, -0.25) is 9.59 Å². The van der Waals surface area contributed by atoms with Crippen LogP contribution in [0.15, 0.2) is 35.7 Å². The lowest BCUT2D eigenvalue weighted by Gasteiger charge is -2.33. The molecule has 0 unspecified atom stereocenters. The molecule has 24 heavy (non-hydrogen) atoms. The quantitative estimate of drug-likeness (QED) is 0.902. The van der Waals surface area contributed by atoms with Crippen LogP contribution in [-0.4, -0.2) is 29.8 Å². The maximum absolute atomic E-state index is 12.5. The van der Waals surface area contributed by atoms with Gasteiger partial charge in [0.2, 0.25) is 5.91 Å². The van der Waals surface area contributed by atoms with Gasteiger partial charge >= 0.3 is 0 Å². The molecule has 1 N–H and O–H groups in total. The predicted octanol–water partition coefficient (Wildman–Crippen LogP) is 3.67. The first kappa shape index (κ1) is 17.0. The number of rotatable bonds is 4. The molecule has 1 aliphatic rings. The number of carbonyl (C=O) groups is 2. The number of nitrogens with one attached hydrogen (secondary N) is 1. The maximum Gasteiger partial charge on any atom is 0.251 e. The van der Waals surface area contributed by atoms with E-state index >= 15 is 0 Å². The molecule has 1 atom stereocenters. The predicted molar refractivity (Wildman–Crippen MR) is 96.6 cm³/mol. The molecule has 0 saturated carbocycles. The van der Waals surface area contributed by atoms with E-state index in [1.165, 1.54) is 10.4 Å². The van der Waals surface area contributed by atoms with Gasteiger partial charge in [0.15, 0.2) is 0 Å². The Bertz CT molecular complexity index is 742. The molecule has 0 fully saturated rings. The minimum Gasteiger partial charge on any atom is -0.352 e. The molecule has 0 radical (unpaired) electrons. The van der Waals surface area contributed by atoms with E-state index in [0.717, 1.165) is 13.0 Å². The van der Waals surface area contributed by atoms with Gasteiger partial charge in [0, 0.05) is 35.0 Å². The van der Waals surface area contributed by atoms with Crippen LogP contribution < -0.4 is 5.32 Å². The molecular formula is C18H19ClN2O2S. The Hall–Kier alpha value is -1.85. The number of amides is 2. The second-order valence-electron chi connectivity index (χ2n) is 5.83. The third-order valence-electron chi connectivity index (χ3n) is 4.33. The molecule has 2 heterocycles. The van der Waals surface area contributed by atoms with Crippen molar-refractivity contribution in [2.24, 2.45) is 0 Å². The molecule has 0 spiro atoms. The summed E-state index contributed by atoms with van der Waals surface area (Å²) in [4.78, 5) is 27.8. The van der Waals surface area contributed by atoms with Crippen molar-refractivity contribution >= 4 is 34.8 Å². The van der Waals surface area contributed by atoms with Crippen LogP contribution in [0, 0.1) is 0 Å². The monoisotopic (exact) mass is 362 g/mol. The van der Waals surface area contributed by atoms with Gasteiger partial charge in [-0.15, -0.1) is 11.3 Å². The maximum atomic E-state index is 12.5. The Morgan fingerprint density at radius 2 is 2.04 bits per heavy atom. The fraction of sp³-hybridized carbons (Fsp3) is 0.333. The average molecular weight is 363 g/mol. The summed E-state index contributed by atoms with van der Waals surface area (Å²) in [6.07, 6.45) is 1.23. The number of hydrogen-bond acceptors (Lipinski definition) is 3. The molecule has 1 aliphatic heterocycles. The molecule has 0 aliphatic carbocycles. The van der Waals surface area contributed by atoms with Crippen LogP contribution in [0.4, 0.5) is 0 Å². The summed E-state index contributed by atoms with van der Waals surface area (Å²) in [6.45, 7) is 3.15. The van der Waals surface area contributed by atoms with E-state index < -0.39 is 0 Å². The van der Waals surface area contributed by atoms with Crippen LogP contribution in [-0.2, 0) is 11.2 Å². The lowest BCUT2D eigenvalue weighted by Crippen LogP contribution is -2.39. The van der Waals surface area contributed by atoms with Gasteiger partial charge in [-0.2, -0.15) is 0 Å². The van der Waals surface area contributed by atoms with Gasteiger partial charge in [-0.1, -0.05) is 11.6 Å². The van der Waals surface area contributed by atoms with E-state index in [0.29, 0.717) is 23.6 Å². The fourth-order valence-corrected chi connectivity index (χ4v) is 4.07. The van der Waals surface area contributed by atoms with Gasteiger partial charge in [0.25, 0.3) is 5.91 Å². The van der Waals surface area contributed by atoms with Gasteiger partial charge < -0.3 is 10.2 Å². The van der Waals surface area contributed by atoms with Crippen LogP contribution in [0.25, 0.3) is 0 Å². The summed E-state index contributed by atoms with van der Waals surface area (Å²) in [6, 6.07) is 8.91. The minimum atomic E-state index is -0.189. The summed E-state index contributed by atoms with van der Waals surface area (Å²) in [5.74, 6) is -0.109. The topological polar surface area (TPSA) is 49.4 Å². The first-order valence-corrected chi connectivity index (χ1v) is 9.21. The van der Waals surface area contributed by atoms with Crippen LogP contribution >= 0.6 is 22.9 Å². The number of nitrogens with zero attached hydrogens (tertiary/aromatic N) is 1. The van der Waals surface area contributed by atoms with Crippen molar-refractivity contribution in [3.8, 4) is 0 Å². The highest BCUT2D eigenvalue weighted by Crippen LogP contribution is 2.32. The molecule has 2 aromatic rings. The van der Waals surface area contributed by atoms with E-state index in [-0.39, 0.29) is 17.9 Å². The molecule has 126 valence electrons. The van der Waals surface area contributed by atoms with Crippen molar-refractivity contribution < 1.29 is 9.59 Å². The second-order valence-corrected chi connectivity index (χ2v) is 7.26. The number of halogens is 1. The number of thiophene rings is 1. The number of benzene rings is 1. The Morgan fingerprint density at radius 1 is 1.29 bits per heavy atom. The lowest BCUT2D eigenvalue weighted by molar-refractivity contribution is -0.133. The van der Waals surface area contributed by atoms with E-state index in [1.54, 1.807) is 35.6 Å². The lowest BCUT2D eigenvalue weighted by atomic mass is 10.0. The zero-order valence-electron chi connectivity index (χ0n) is 13.4. The molecule has 6 heteroatoms. The Kier molecular flexibility index (Phi) is 5.21. The van der Waals surface area contributed by atoms with Crippen molar-refractivity contribution in [3.05, 3.63) is 56.7 Å². The largest absolute Gasteiger partial charge is 0.352 e. The van der Waals surface area contributed by atoms with Crippen molar-refractivity contribution in [2.45, 2.75) is 25.8 Å². The standard InChI is InChI=1S/C18H19ClN2O2S/c1-12-15-8-11-24-16(15)7-10-21(12)17(22)6-9-20-18(23)13-2-4-14(19)5-3-13/h2-5,8,11-12H,6-7,9-10H2,1H3,(H,20,23)/t12-/m1/s1. The average Bonchev–Trinajstić information content (AvgIpc) is 3.05. The zero-order chi connectivity index (χ0) is 17.1. The van der Waals surface area contributed by atoms with Crippen molar-refractivity contribution in [3.63, 3.8) is 0 Å². The molecule has 0 saturated heterocycles. The number of hydrogen-bond donors (Lipinski definition) is 1. The summed E-state index contributed by atoms with van der Waals surface area (Å²) < 4.78 is 0. The molecule has 1 aromatic carbocycles. The second kappa shape index (κ2) is 7.36. The molecule has 4 nitrogen and oxygen atoms in total. The van der Waals surface area contributed by atoms with E-state index in [4.69, 9.17) is 11.6 Å². The zero-order valence-corrected chi connectivity index (χ0v) is 15.0. The smallest absolute Gasteiger partial charge is 0.251 e. The third kappa shape index (κ3) is 3.62. The van der Waals surface area contributed by atoms with Gasteiger partial charge in [0.05, 0.1) is 6.04 Å². The van der Waals surface area contributed by atoms with Crippen molar-refractivity contribution in [1.29, 1.82) is 0 Å². The SMILES string of the molecule is C[C@@H]1c2ccsc2CCN1C(=O)CCNC(=O)c1ccc(Cl)cc1. The highest BCUT2D eigenvalue weighted by molar-refractivity contribution is 7.10. The highest BCUT2D eigenvalue weighted by atomic mass is 35.5. The molecule has 2 amide bonds. The number of carbonyl (C=O) groups excluding carboxylic acids is 2. The molecular weight excluding hydrogens is 344 g/mol. The summed E-state index contributed by atoms with van der Waals surface area (Å²) in [7, 11) is 0. The fourth-order valence-electron chi connectivity index (χ4n) is 2.98. The summed E-state index contributed by atoms with van der Waals surface area (Å²) >= 11 is 7.57. The Morgan fingerprint density at radius 3 is 2.79 bits per heavy atom. The van der Waals surface area contributed by atoms with Crippen LogP contribution in [0.2, 0.25) is 5.02 Å². The first-order valence-electron chi connectivity index (χ1n) is 7.96. The van der Waals surface area contributed by atoms with E-state index in [2.05, 4.69) is 23.7 Å². The third-order valence-corrected chi connectivity index (χ3v) is 5.58. The summed E-state index contributed by atoms with van der Waals surface area (Å²) in [5.41, 5.74) is 1.80. The Labute approximate surface area is 150 Å². The van der Waals surface area contributed by atoms with Crippen LogP contribution in [0.1, 0.15) is 40.2 Å². The number of fused-ring (bicyclic) bond motifs is 1. The van der Waals surface area contributed by atoms with Gasteiger partial charge in [-0.25, -0.2) is 0 Å². The summed E-state index contributed by atoms with van der Waals surface area (Å²) in [5, 5.41) is 5.47. The van der Waals surface area contributed by atoms with Gasteiger partial charge in [-0.05, 0) is 54.6 Å². The van der Waals surface area contributed by atoms with Crippen molar-refractivity contribution in [1.82, 2.24) is 10.2 Å². The highest BCUT2D eigenvalue weighted by Gasteiger charge is 2.27. The van der Waals surface area contributed by atoms with E-state index in [9.17, 15) is 9.59 Å². The van der Waals surface area contributed by atoms with Gasteiger partial charge in [0.1, 0.15) is 0 Å². The molecule has 1 aromatic heterocycles. The Balaban J connectivity index is 1.51. The molecule has 3 rings (SSSR count). The van der Waals surface area contributed by atoms with Crippen LogP contribution in [0.3, 0.4) is 0 Å². The normalized spacial score (nSPS) is 16.6. The minimum absolute atomic E-state index is 0.0794. The first-order chi connectivity index (χ1) is 11.6. The van der Waals surface area contributed by atoms with Crippen molar-refractivity contribution in [2.75, 3.05) is 13.1 Å². The molecule has 0 bridgehead atoms. The van der Waals surface area contributed by atoms with Crippen LogP contribution in [0.5, 0.6) is 0 Å².